The minimum absolute atomic E-state index is 0.0237. The van der Waals surface area contributed by atoms with Crippen LogP contribution in [-0.4, -0.2) is 30.4 Å². The number of Topliss-reactive ketones (excluding diaryl/α,β-unsaturated/α-hetero) is 1. The molecule has 0 spiro atoms. The number of halogens is 1. The van der Waals surface area contributed by atoms with Gasteiger partial charge in [-0.3, -0.25) is 9.69 Å². The maximum atomic E-state index is 11.4. The first-order chi connectivity index (χ1) is 7.72. The third kappa shape index (κ3) is 2.09. The van der Waals surface area contributed by atoms with Gasteiger partial charge in [-0.2, -0.15) is 0 Å². The minimum atomic E-state index is -0.334. The Morgan fingerprint density at radius 3 is 2.56 bits per heavy atom. The normalized spacial score (nSPS) is 15.1. The lowest BCUT2D eigenvalue weighted by Crippen LogP contribution is -2.23. The van der Waals surface area contributed by atoms with E-state index in [1.807, 2.05) is 0 Å². The lowest BCUT2D eigenvalue weighted by molar-refractivity contribution is 0.102. The van der Waals surface area contributed by atoms with Gasteiger partial charge < -0.3 is 4.74 Å². The molecule has 0 radical (unpaired) electrons. The van der Waals surface area contributed by atoms with Crippen molar-refractivity contribution in [3.8, 4) is 0 Å². The van der Waals surface area contributed by atoms with Gasteiger partial charge in [0.05, 0.1) is 11.9 Å². The molecule has 0 aromatic heterocycles. The summed E-state index contributed by atoms with van der Waals surface area (Å²) in [6.45, 7) is 0.978. The van der Waals surface area contributed by atoms with Gasteiger partial charge in [-0.25, -0.2) is 4.79 Å². The summed E-state index contributed by atoms with van der Waals surface area (Å²) in [6, 6.07) is 6.93. The fraction of sp³-hybridized carbons (Fsp3) is 0.273. The number of anilines is 1. The fourth-order valence-electron chi connectivity index (χ4n) is 1.53. The second kappa shape index (κ2) is 4.65. The van der Waals surface area contributed by atoms with Crippen molar-refractivity contribution in [2.75, 3.05) is 23.4 Å². The lowest BCUT2D eigenvalue weighted by atomic mass is 10.1. The second-order valence-electron chi connectivity index (χ2n) is 3.37. The van der Waals surface area contributed by atoms with Crippen LogP contribution < -0.4 is 4.90 Å². The third-order valence-corrected chi connectivity index (χ3v) is 2.89. The molecule has 1 heterocycles. The standard InChI is InChI=1S/C11H10BrNO3/c12-7-10(14)8-1-3-9(4-2-8)13-5-6-16-11(13)15/h1-4H,5-7H2. The molecule has 1 amide bonds. The second-order valence-corrected chi connectivity index (χ2v) is 3.93. The molecule has 1 aliphatic heterocycles. The monoisotopic (exact) mass is 283 g/mol. The highest BCUT2D eigenvalue weighted by molar-refractivity contribution is 9.09. The molecule has 1 fully saturated rings. The third-order valence-electron chi connectivity index (χ3n) is 2.38. The van der Waals surface area contributed by atoms with Gasteiger partial charge in [0, 0.05) is 11.3 Å². The molecule has 2 rings (SSSR count). The molecule has 0 saturated carbocycles. The fourth-order valence-corrected chi connectivity index (χ4v) is 1.86. The number of benzene rings is 1. The smallest absolute Gasteiger partial charge is 0.414 e. The van der Waals surface area contributed by atoms with E-state index in [9.17, 15) is 9.59 Å². The van der Waals surface area contributed by atoms with E-state index in [0.29, 0.717) is 24.0 Å². The van der Waals surface area contributed by atoms with Crippen molar-refractivity contribution in [2.24, 2.45) is 0 Å². The highest BCUT2D eigenvalue weighted by Crippen LogP contribution is 2.19. The van der Waals surface area contributed by atoms with E-state index < -0.39 is 0 Å². The summed E-state index contributed by atoms with van der Waals surface area (Å²) in [5.41, 5.74) is 1.39. The molecule has 5 heteroatoms. The summed E-state index contributed by atoms with van der Waals surface area (Å²) in [4.78, 5) is 24.2. The van der Waals surface area contributed by atoms with Gasteiger partial charge in [0.15, 0.2) is 5.78 Å². The average molecular weight is 284 g/mol. The van der Waals surface area contributed by atoms with Crippen molar-refractivity contribution in [1.82, 2.24) is 0 Å². The summed E-state index contributed by atoms with van der Waals surface area (Å²) in [5, 5.41) is 0.304. The van der Waals surface area contributed by atoms with Crippen LogP contribution in [-0.2, 0) is 4.74 Å². The molecule has 0 N–H and O–H groups in total. The predicted octanol–water partition coefficient (Wildman–Crippen LogP) is 2.22. The Labute approximate surface area is 101 Å². The van der Waals surface area contributed by atoms with E-state index >= 15 is 0 Å². The molecule has 0 atom stereocenters. The number of ether oxygens (including phenoxy) is 1. The van der Waals surface area contributed by atoms with E-state index in [1.165, 1.54) is 0 Å². The van der Waals surface area contributed by atoms with Crippen LogP contribution in [0.15, 0.2) is 24.3 Å². The van der Waals surface area contributed by atoms with E-state index in [1.54, 1.807) is 29.2 Å². The van der Waals surface area contributed by atoms with E-state index in [-0.39, 0.29) is 11.9 Å². The van der Waals surface area contributed by atoms with Gasteiger partial charge in [-0.05, 0) is 24.3 Å². The van der Waals surface area contributed by atoms with Gasteiger partial charge in [-0.15, -0.1) is 0 Å². The summed E-state index contributed by atoms with van der Waals surface area (Å²) in [5.74, 6) is 0.0237. The van der Waals surface area contributed by atoms with Crippen molar-refractivity contribution in [2.45, 2.75) is 0 Å². The van der Waals surface area contributed by atoms with E-state index in [0.717, 1.165) is 5.69 Å². The Kier molecular flexibility index (Phi) is 3.24. The molecule has 1 aliphatic rings. The number of hydrogen-bond donors (Lipinski definition) is 0. The number of rotatable bonds is 3. The van der Waals surface area contributed by atoms with E-state index in [4.69, 9.17) is 4.74 Å². The van der Waals surface area contributed by atoms with Gasteiger partial charge in [-0.1, -0.05) is 15.9 Å². The number of nitrogens with zero attached hydrogens (tertiary/aromatic N) is 1. The number of ketones is 1. The van der Waals surface area contributed by atoms with Crippen LogP contribution in [0.2, 0.25) is 0 Å². The predicted molar refractivity (Wildman–Crippen MR) is 63.3 cm³/mol. The molecule has 1 aromatic carbocycles. The van der Waals surface area contributed by atoms with Gasteiger partial charge in [0.25, 0.3) is 0 Å². The summed E-state index contributed by atoms with van der Waals surface area (Å²) < 4.78 is 4.83. The molecular formula is C11H10BrNO3. The zero-order chi connectivity index (χ0) is 11.5. The maximum absolute atomic E-state index is 11.4. The molecule has 0 bridgehead atoms. The first-order valence-corrected chi connectivity index (χ1v) is 5.98. The number of hydrogen-bond acceptors (Lipinski definition) is 3. The molecule has 0 unspecified atom stereocenters. The minimum Gasteiger partial charge on any atom is -0.447 e. The van der Waals surface area contributed by atoms with Crippen molar-refractivity contribution in [1.29, 1.82) is 0 Å². The Balaban J connectivity index is 2.19. The molecule has 0 aliphatic carbocycles. The lowest BCUT2D eigenvalue weighted by Gasteiger charge is -2.12. The van der Waals surface area contributed by atoms with Crippen LogP contribution in [0.1, 0.15) is 10.4 Å². The number of amides is 1. The van der Waals surface area contributed by atoms with Crippen LogP contribution in [0, 0.1) is 0 Å². The number of carbonyl (C=O) groups is 2. The van der Waals surface area contributed by atoms with Crippen molar-refractivity contribution >= 4 is 33.5 Å². The zero-order valence-corrected chi connectivity index (χ0v) is 10.1. The van der Waals surface area contributed by atoms with E-state index in [2.05, 4.69) is 15.9 Å². The Morgan fingerprint density at radius 2 is 2.06 bits per heavy atom. The number of carbonyl (C=O) groups excluding carboxylic acids is 2. The Hall–Kier alpha value is -1.36. The number of alkyl halides is 1. The van der Waals surface area contributed by atoms with Crippen molar-refractivity contribution < 1.29 is 14.3 Å². The SMILES string of the molecule is O=C(CBr)c1ccc(N2CCOC2=O)cc1. The number of cyclic esters (lactones) is 1. The van der Waals surface area contributed by atoms with Gasteiger partial charge in [0.2, 0.25) is 0 Å². The molecule has 1 aromatic rings. The highest BCUT2D eigenvalue weighted by atomic mass is 79.9. The first kappa shape index (κ1) is 11.1. The molecular weight excluding hydrogens is 274 g/mol. The van der Waals surface area contributed by atoms with Crippen LogP contribution in [0.3, 0.4) is 0 Å². The molecule has 4 nitrogen and oxygen atoms in total. The average Bonchev–Trinajstić information content (AvgIpc) is 2.75. The van der Waals surface area contributed by atoms with Crippen LogP contribution >= 0.6 is 15.9 Å². The van der Waals surface area contributed by atoms with Crippen LogP contribution in [0.5, 0.6) is 0 Å². The Morgan fingerprint density at radius 1 is 1.38 bits per heavy atom. The quantitative estimate of drug-likeness (QED) is 0.631. The summed E-state index contributed by atoms with van der Waals surface area (Å²) >= 11 is 3.11. The van der Waals surface area contributed by atoms with Gasteiger partial charge in [0.1, 0.15) is 6.61 Å². The first-order valence-electron chi connectivity index (χ1n) is 4.86. The van der Waals surface area contributed by atoms with Crippen molar-refractivity contribution in [3.05, 3.63) is 29.8 Å². The zero-order valence-electron chi connectivity index (χ0n) is 8.48. The molecule has 16 heavy (non-hydrogen) atoms. The van der Waals surface area contributed by atoms with Crippen LogP contribution in [0.25, 0.3) is 0 Å². The molecule has 1 saturated heterocycles. The summed E-state index contributed by atoms with van der Waals surface area (Å²) in [6.07, 6.45) is -0.334. The topological polar surface area (TPSA) is 46.6 Å². The van der Waals surface area contributed by atoms with Gasteiger partial charge >= 0.3 is 6.09 Å². The largest absolute Gasteiger partial charge is 0.447 e. The van der Waals surface area contributed by atoms with Crippen molar-refractivity contribution in [3.63, 3.8) is 0 Å². The highest BCUT2D eigenvalue weighted by Gasteiger charge is 2.23. The summed E-state index contributed by atoms with van der Waals surface area (Å²) in [7, 11) is 0. The Bertz CT molecular complexity index is 416. The molecule has 84 valence electrons. The van der Waals surface area contributed by atoms with Crippen LogP contribution in [0.4, 0.5) is 10.5 Å². The maximum Gasteiger partial charge on any atom is 0.414 e.